The second-order valence-electron chi connectivity index (χ2n) is 6.18. The first-order chi connectivity index (χ1) is 9.38. The Labute approximate surface area is 114 Å². The molecule has 1 aromatic carbocycles. The zero-order valence-corrected chi connectivity index (χ0v) is 11.3. The molecule has 19 heavy (non-hydrogen) atoms. The Kier molecular flexibility index (Phi) is 2.77. The first-order valence-corrected chi connectivity index (χ1v) is 7.44. The van der Waals surface area contributed by atoms with Gasteiger partial charge in [-0.1, -0.05) is 24.6 Å². The molecule has 0 N–H and O–H groups in total. The lowest BCUT2D eigenvalue weighted by Crippen LogP contribution is -2.21. The molecular weight excluding hydrogens is 232 g/mol. The second kappa shape index (κ2) is 4.61. The molecule has 0 amide bonds. The van der Waals surface area contributed by atoms with Crippen molar-refractivity contribution >= 4 is 10.9 Å². The maximum Gasteiger partial charge on any atom is 0.0702 e. The van der Waals surface area contributed by atoms with Crippen LogP contribution in [0.25, 0.3) is 10.9 Å². The Balaban J connectivity index is 1.52. The fourth-order valence-corrected chi connectivity index (χ4v) is 3.92. The number of aromatic nitrogens is 1. The molecule has 2 unspecified atom stereocenters. The molecule has 4 rings (SSSR count). The highest BCUT2D eigenvalue weighted by Gasteiger charge is 2.35. The van der Waals surface area contributed by atoms with Gasteiger partial charge in [0.15, 0.2) is 0 Å². The van der Waals surface area contributed by atoms with E-state index in [9.17, 15) is 0 Å². The van der Waals surface area contributed by atoms with E-state index in [1.165, 1.54) is 43.3 Å². The number of fused-ring (bicyclic) bond motifs is 2. The van der Waals surface area contributed by atoms with Crippen LogP contribution in [0, 0.1) is 11.8 Å². The summed E-state index contributed by atoms with van der Waals surface area (Å²) in [6.45, 7) is 3.68. The second-order valence-corrected chi connectivity index (χ2v) is 6.18. The normalized spacial score (nSPS) is 26.9. The minimum absolute atomic E-state index is 0.980. The number of para-hydroxylation sites is 1. The molecule has 2 atom stereocenters. The lowest BCUT2D eigenvalue weighted by molar-refractivity contribution is 0.303. The standard InChI is InChI=1S/C17H20N2/c1-2-7-17-14(4-1)8-13(9-18-17)10-19-11-15-5-3-6-16(15)12-19/h1-2,4,7-9,15-16H,3,5-6,10-12H2. The molecule has 1 aliphatic heterocycles. The van der Waals surface area contributed by atoms with E-state index in [4.69, 9.17) is 0 Å². The summed E-state index contributed by atoms with van der Waals surface area (Å²) in [5.74, 6) is 1.96. The maximum atomic E-state index is 4.57. The number of likely N-dealkylation sites (tertiary alicyclic amines) is 1. The number of nitrogens with zero attached hydrogens (tertiary/aromatic N) is 2. The summed E-state index contributed by atoms with van der Waals surface area (Å²) in [5, 5.41) is 1.26. The molecule has 2 nitrogen and oxygen atoms in total. The van der Waals surface area contributed by atoms with Gasteiger partial charge in [-0.15, -0.1) is 0 Å². The molecule has 2 fully saturated rings. The van der Waals surface area contributed by atoms with Gasteiger partial charge in [0.1, 0.15) is 0 Å². The van der Waals surface area contributed by atoms with E-state index in [2.05, 4.69) is 46.4 Å². The van der Waals surface area contributed by atoms with Crippen LogP contribution in [-0.4, -0.2) is 23.0 Å². The molecule has 2 aromatic rings. The van der Waals surface area contributed by atoms with Crippen molar-refractivity contribution in [1.29, 1.82) is 0 Å². The molecule has 1 saturated heterocycles. The van der Waals surface area contributed by atoms with Gasteiger partial charge in [-0.3, -0.25) is 9.88 Å². The molecular formula is C17H20N2. The van der Waals surface area contributed by atoms with Crippen molar-refractivity contribution in [2.45, 2.75) is 25.8 Å². The zero-order valence-electron chi connectivity index (χ0n) is 11.3. The van der Waals surface area contributed by atoms with Crippen LogP contribution >= 0.6 is 0 Å². The van der Waals surface area contributed by atoms with Crippen molar-refractivity contribution in [2.24, 2.45) is 11.8 Å². The van der Waals surface area contributed by atoms with Crippen molar-refractivity contribution in [1.82, 2.24) is 9.88 Å². The SMILES string of the molecule is c1ccc2ncc(CN3CC4CCCC4C3)cc2c1. The number of hydrogen-bond acceptors (Lipinski definition) is 2. The third kappa shape index (κ3) is 2.14. The summed E-state index contributed by atoms with van der Waals surface area (Å²) in [5.41, 5.74) is 2.46. The van der Waals surface area contributed by atoms with E-state index in [0.29, 0.717) is 0 Å². The lowest BCUT2D eigenvalue weighted by Gasteiger charge is -2.16. The number of benzene rings is 1. The number of rotatable bonds is 2. The quantitative estimate of drug-likeness (QED) is 0.813. The number of hydrogen-bond donors (Lipinski definition) is 0. The van der Waals surface area contributed by atoms with E-state index in [1.54, 1.807) is 0 Å². The van der Waals surface area contributed by atoms with Crippen LogP contribution in [0.5, 0.6) is 0 Å². The Morgan fingerprint density at radius 3 is 2.74 bits per heavy atom. The van der Waals surface area contributed by atoms with Crippen molar-refractivity contribution in [3.05, 3.63) is 42.1 Å². The highest BCUT2D eigenvalue weighted by Crippen LogP contribution is 2.38. The molecule has 1 aromatic heterocycles. The minimum Gasteiger partial charge on any atom is -0.298 e. The fourth-order valence-electron chi connectivity index (χ4n) is 3.92. The molecule has 98 valence electrons. The topological polar surface area (TPSA) is 16.1 Å². The van der Waals surface area contributed by atoms with Crippen LogP contribution in [0.1, 0.15) is 24.8 Å². The third-order valence-electron chi connectivity index (χ3n) is 4.86. The summed E-state index contributed by atoms with van der Waals surface area (Å²) >= 11 is 0. The van der Waals surface area contributed by atoms with Gasteiger partial charge < -0.3 is 0 Å². The summed E-state index contributed by atoms with van der Waals surface area (Å²) in [6, 6.07) is 10.7. The molecule has 0 radical (unpaired) electrons. The van der Waals surface area contributed by atoms with Crippen LogP contribution in [0.2, 0.25) is 0 Å². The summed E-state index contributed by atoms with van der Waals surface area (Å²) in [7, 11) is 0. The fraction of sp³-hybridized carbons (Fsp3) is 0.471. The van der Waals surface area contributed by atoms with E-state index in [0.717, 1.165) is 23.9 Å². The van der Waals surface area contributed by atoms with Crippen molar-refractivity contribution in [3.8, 4) is 0 Å². The van der Waals surface area contributed by atoms with Crippen LogP contribution < -0.4 is 0 Å². The van der Waals surface area contributed by atoms with Gasteiger partial charge in [0.05, 0.1) is 5.52 Å². The van der Waals surface area contributed by atoms with Gasteiger partial charge in [-0.2, -0.15) is 0 Å². The zero-order chi connectivity index (χ0) is 12.7. The summed E-state index contributed by atoms with van der Waals surface area (Å²) < 4.78 is 0. The van der Waals surface area contributed by atoms with Crippen LogP contribution in [0.3, 0.4) is 0 Å². The van der Waals surface area contributed by atoms with Gasteiger partial charge in [0.25, 0.3) is 0 Å². The van der Waals surface area contributed by atoms with E-state index >= 15 is 0 Å². The molecule has 2 heterocycles. The van der Waals surface area contributed by atoms with Gasteiger partial charge in [-0.05, 0) is 42.4 Å². The Bertz CT molecular complexity index is 581. The average Bonchev–Trinajstić information content (AvgIpc) is 2.99. The van der Waals surface area contributed by atoms with Crippen LogP contribution in [0.4, 0.5) is 0 Å². The Morgan fingerprint density at radius 2 is 1.89 bits per heavy atom. The van der Waals surface area contributed by atoms with Gasteiger partial charge in [-0.25, -0.2) is 0 Å². The van der Waals surface area contributed by atoms with Gasteiger partial charge >= 0.3 is 0 Å². The summed E-state index contributed by atoms with van der Waals surface area (Å²) in [4.78, 5) is 7.19. The first kappa shape index (κ1) is 11.4. The van der Waals surface area contributed by atoms with E-state index in [-0.39, 0.29) is 0 Å². The van der Waals surface area contributed by atoms with Crippen molar-refractivity contribution in [3.63, 3.8) is 0 Å². The molecule has 0 spiro atoms. The van der Waals surface area contributed by atoms with Crippen LogP contribution in [0.15, 0.2) is 36.5 Å². The predicted octanol–water partition coefficient (Wildman–Crippen LogP) is 3.47. The molecule has 1 saturated carbocycles. The highest BCUT2D eigenvalue weighted by atomic mass is 15.2. The van der Waals surface area contributed by atoms with Crippen molar-refractivity contribution in [2.75, 3.05) is 13.1 Å². The number of pyridine rings is 1. The molecule has 2 aliphatic rings. The average molecular weight is 252 g/mol. The van der Waals surface area contributed by atoms with E-state index < -0.39 is 0 Å². The monoisotopic (exact) mass is 252 g/mol. The molecule has 0 bridgehead atoms. The Hall–Kier alpha value is -1.41. The first-order valence-electron chi connectivity index (χ1n) is 7.44. The summed E-state index contributed by atoms with van der Waals surface area (Å²) in [6.07, 6.45) is 6.42. The predicted molar refractivity (Wildman–Crippen MR) is 77.9 cm³/mol. The van der Waals surface area contributed by atoms with Gasteiger partial charge in [0.2, 0.25) is 0 Å². The maximum absolute atomic E-state index is 4.57. The highest BCUT2D eigenvalue weighted by molar-refractivity contribution is 5.78. The Morgan fingerprint density at radius 1 is 1.11 bits per heavy atom. The van der Waals surface area contributed by atoms with Gasteiger partial charge in [0, 0.05) is 31.2 Å². The molecule has 1 aliphatic carbocycles. The third-order valence-corrected chi connectivity index (χ3v) is 4.86. The largest absolute Gasteiger partial charge is 0.298 e. The minimum atomic E-state index is 0.980. The van der Waals surface area contributed by atoms with Crippen molar-refractivity contribution < 1.29 is 0 Å². The molecule has 2 heteroatoms. The van der Waals surface area contributed by atoms with Crippen LogP contribution in [-0.2, 0) is 6.54 Å². The smallest absolute Gasteiger partial charge is 0.0702 e. The lowest BCUT2D eigenvalue weighted by atomic mass is 10.0. The van der Waals surface area contributed by atoms with E-state index in [1.807, 2.05) is 0 Å².